The van der Waals surface area contributed by atoms with Crippen LogP contribution in [0.2, 0.25) is 5.02 Å². The molecule has 2 amide bonds. The molecule has 1 aliphatic heterocycles. The third-order valence-corrected chi connectivity index (χ3v) is 5.76. The van der Waals surface area contributed by atoms with Gasteiger partial charge in [0.2, 0.25) is 0 Å². The highest BCUT2D eigenvalue weighted by Crippen LogP contribution is 2.31. The first-order valence-electron chi connectivity index (χ1n) is 11.1. The maximum Gasteiger partial charge on any atom is 0.335 e. The molecule has 3 aromatic rings. The number of carboxylic acids is 1. The largest absolute Gasteiger partial charge is 0.493 e. The van der Waals surface area contributed by atoms with Crippen LogP contribution >= 0.6 is 11.6 Å². The van der Waals surface area contributed by atoms with Crippen molar-refractivity contribution < 1.29 is 29.0 Å². The van der Waals surface area contributed by atoms with Gasteiger partial charge in [-0.25, -0.2) is 4.79 Å². The molecule has 37 heavy (non-hydrogen) atoms. The predicted octanol–water partition coefficient (Wildman–Crippen LogP) is 4.87. The second-order valence-corrected chi connectivity index (χ2v) is 8.35. The van der Waals surface area contributed by atoms with E-state index in [0.29, 0.717) is 44.7 Å². The number of benzene rings is 3. The highest BCUT2D eigenvalue weighted by Gasteiger charge is 2.29. The van der Waals surface area contributed by atoms with E-state index >= 15 is 0 Å². The van der Waals surface area contributed by atoms with Gasteiger partial charge in [-0.2, -0.15) is 10.1 Å². The van der Waals surface area contributed by atoms with Crippen molar-refractivity contribution in [3.8, 4) is 11.5 Å². The Balaban J connectivity index is 1.46. The Morgan fingerprint density at radius 2 is 1.81 bits per heavy atom. The Morgan fingerprint density at radius 1 is 1.08 bits per heavy atom. The fourth-order valence-corrected chi connectivity index (χ4v) is 3.74. The molecule has 1 aliphatic rings. The summed E-state index contributed by atoms with van der Waals surface area (Å²) in [5.74, 6) is -1.07. The van der Waals surface area contributed by atoms with Crippen LogP contribution in [-0.2, 0) is 9.59 Å². The molecule has 0 aliphatic carbocycles. The van der Waals surface area contributed by atoms with Crippen LogP contribution in [0.5, 0.6) is 11.5 Å². The summed E-state index contributed by atoms with van der Waals surface area (Å²) < 4.78 is 11.0. The number of para-hydroxylation sites is 1. The van der Waals surface area contributed by atoms with Gasteiger partial charge in [-0.3, -0.25) is 9.59 Å². The third kappa shape index (κ3) is 5.79. The molecule has 3 aromatic carbocycles. The number of carboxylic acid groups (broad SMARTS) is 1. The first kappa shape index (κ1) is 25.5. The average Bonchev–Trinajstić information content (AvgIpc) is 3.17. The van der Waals surface area contributed by atoms with Gasteiger partial charge >= 0.3 is 5.97 Å². The molecule has 0 atom stereocenters. The van der Waals surface area contributed by atoms with Gasteiger partial charge in [-0.05, 0) is 67.1 Å². The summed E-state index contributed by atoms with van der Waals surface area (Å²) in [6.45, 7) is 1.45. The maximum atomic E-state index is 13.0. The topological polar surface area (TPSA) is 118 Å². The summed E-state index contributed by atoms with van der Waals surface area (Å²) in [6.07, 6.45) is 1.67. The van der Waals surface area contributed by atoms with Gasteiger partial charge in [-0.1, -0.05) is 29.8 Å². The minimum absolute atomic E-state index is 0.114. The summed E-state index contributed by atoms with van der Waals surface area (Å²) in [6, 6.07) is 17.8. The van der Waals surface area contributed by atoms with Gasteiger partial charge in [-0.15, -0.1) is 0 Å². The molecule has 2 N–H and O–H groups in total. The van der Waals surface area contributed by atoms with Crippen molar-refractivity contribution >= 4 is 52.5 Å². The summed E-state index contributed by atoms with van der Waals surface area (Å²) in [7, 11) is 1.47. The minimum atomic E-state index is -1.05. The van der Waals surface area contributed by atoms with E-state index in [9.17, 15) is 14.4 Å². The summed E-state index contributed by atoms with van der Waals surface area (Å²) in [4.78, 5) is 36.4. The van der Waals surface area contributed by atoms with Crippen LogP contribution in [0.4, 0.5) is 11.4 Å². The molecule has 0 saturated carbocycles. The number of ether oxygens (including phenoxy) is 2. The molecule has 0 saturated heterocycles. The van der Waals surface area contributed by atoms with E-state index in [0.717, 1.165) is 0 Å². The van der Waals surface area contributed by atoms with Crippen LogP contribution in [-0.4, -0.2) is 42.3 Å². The zero-order valence-electron chi connectivity index (χ0n) is 19.9. The average molecular weight is 520 g/mol. The number of halogens is 1. The van der Waals surface area contributed by atoms with Crippen molar-refractivity contribution in [3.63, 3.8) is 0 Å². The number of rotatable bonds is 8. The number of hydrogen-bond acceptors (Lipinski definition) is 6. The first-order valence-corrected chi connectivity index (χ1v) is 11.4. The van der Waals surface area contributed by atoms with Gasteiger partial charge in [0.1, 0.15) is 0 Å². The lowest BCUT2D eigenvalue weighted by molar-refractivity contribution is -0.118. The van der Waals surface area contributed by atoms with Crippen LogP contribution in [0, 0.1) is 0 Å². The van der Waals surface area contributed by atoms with Crippen LogP contribution in [0.25, 0.3) is 6.08 Å². The number of nitrogens with zero attached hydrogens (tertiary/aromatic N) is 2. The predicted molar refractivity (Wildman–Crippen MR) is 141 cm³/mol. The number of hydrazone groups is 1. The standard InChI is InChI=1S/C27H22ClN3O6/c1-16-20(26(33)31(30-16)19-10-8-18(9-11-19)27(34)35)13-17-7-12-23(24(14-17)36-2)37-15-25(32)29-22-6-4-3-5-21(22)28/h3-14H,15H2,1-2H3,(H,29,32)(H,34,35)/b20-13-. The molecule has 0 radical (unpaired) electrons. The van der Waals surface area contributed by atoms with Crippen LogP contribution in [0.1, 0.15) is 22.8 Å². The van der Waals surface area contributed by atoms with E-state index < -0.39 is 5.97 Å². The fraction of sp³-hybridized carbons (Fsp3) is 0.111. The van der Waals surface area contributed by atoms with E-state index in [-0.39, 0.29) is 24.0 Å². The highest BCUT2D eigenvalue weighted by molar-refractivity contribution is 6.33. The van der Waals surface area contributed by atoms with E-state index in [1.165, 1.54) is 36.4 Å². The number of anilines is 2. The molecule has 4 rings (SSSR count). The monoisotopic (exact) mass is 519 g/mol. The lowest BCUT2D eigenvalue weighted by Crippen LogP contribution is -2.21. The minimum Gasteiger partial charge on any atom is -0.493 e. The van der Waals surface area contributed by atoms with Gasteiger partial charge in [0, 0.05) is 0 Å². The lowest BCUT2D eigenvalue weighted by atomic mass is 10.1. The molecule has 0 spiro atoms. The molecule has 0 unspecified atom stereocenters. The number of aromatic carboxylic acids is 1. The molecule has 1 heterocycles. The van der Waals surface area contributed by atoms with Gasteiger partial charge < -0.3 is 19.9 Å². The SMILES string of the molecule is COc1cc(/C=C2\C(=O)N(c3ccc(C(=O)O)cc3)N=C2C)ccc1OCC(=O)Nc1ccccc1Cl. The van der Waals surface area contributed by atoms with E-state index in [4.69, 9.17) is 26.2 Å². The van der Waals surface area contributed by atoms with Crippen LogP contribution < -0.4 is 19.8 Å². The molecule has 188 valence electrons. The smallest absolute Gasteiger partial charge is 0.335 e. The van der Waals surface area contributed by atoms with Crippen molar-refractivity contribution in [3.05, 3.63) is 88.5 Å². The second-order valence-electron chi connectivity index (χ2n) is 7.94. The molecular weight excluding hydrogens is 498 g/mol. The zero-order chi connectivity index (χ0) is 26.5. The summed E-state index contributed by atoms with van der Waals surface area (Å²) in [5, 5.41) is 17.7. The fourth-order valence-electron chi connectivity index (χ4n) is 3.56. The molecule has 9 nitrogen and oxygen atoms in total. The number of carbonyl (C=O) groups excluding carboxylic acids is 2. The Bertz CT molecular complexity index is 1430. The number of nitrogens with one attached hydrogen (secondary N) is 1. The van der Waals surface area contributed by atoms with Crippen molar-refractivity contribution in [2.45, 2.75) is 6.92 Å². The molecule has 0 fully saturated rings. The molecule has 10 heteroatoms. The zero-order valence-corrected chi connectivity index (χ0v) is 20.7. The quantitative estimate of drug-likeness (QED) is 0.410. The van der Waals surface area contributed by atoms with E-state index in [2.05, 4.69) is 10.4 Å². The second kappa shape index (κ2) is 11.0. The number of methoxy groups -OCH3 is 1. The first-order chi connectivity index (χ1) is 17.8. The molecule has 0 aromatic heterocycles. The molecule has 0 bridgehead atoms. The number of carbonyl (C=O) groups is 3. The van der Waals surface area contributed by atoms with Gasteiger partial charge in [0.05, 0.1) is 40.4 Å². The normalized spacial score (nSPS) is 13.9. The summed E-state index contributed by atoms with van der Waals surface area (Å²) in [5.41, 5.74) is 2.58. The number of hydrogen-bond donors (Lipinski definition) is 2. The van der Waals surface area contributed by atoms with Gasteiger partial charge in [0.15, 0.2) is 18.1 Å². The van der Waals surface area contributed by atoms with Crippen molar-refractivity contribution in [2.24, 2.45) is 5.10 Å². The Morgan fingerprint density at radius 3 is 2.49 bits per heavy atom. The Kier molecular flexibility index (Phi) is 7.55. The summed E-state index contributed by atoms with van der Waals surface area (Å²) >= 11 is 6.06. The van der Waals surface area contributed by atoms with Crippen molar-refractivity contribution in [2.75, 3.05) is 24.0 Å². The van der Waals surface area contributed by atoms with Crippen molar-refractivity contribution in [1.82, 2.24) is 0 Å². The van der Waals surface area contributed by atoms with Crippen molar-refractivity contribution in [1.29, 1.82) is 0 Å². The Labute approximate surface area is 217 Å². The molecular formula is C27H22ClN3O6. The third-order valence-electron chi connectivity index (χ3n) is 5.43. The van der Waals surface area contributed by atoms with E-state index in [1.54, 1.807) is 55.5 Å². The highest BCUT2D eigenvalue weighted by atomic mass is 35.5. The maximum absolute atomic E-state index is 13.0. The lowest BCUT2D eigenvalue weighted by Gasteiger charge is -2.13. The van der Waals surface area contributed by atoms with E-state index in [1.807, 2.05) is 0 Å². The van der Waals surface area contributed by atoms with Crippen LogP contribution in [0.3, 0.4) is 0 Å². The van der Waals surface area contributed by atoms with Crippen LogP contribution in [0.15, 0.2) is 77.4 Å². The van der Waals surface area contributed by atoms with Gasteiger partial charge in [0.25, 0.3) is 11.8 Å². The Hall–Kier alpha value is -4.63. The number of amides is 2.